The van der Waals surface area contributed by atoms with Crippen molar-refractivity contribution in [3.05, 3.63) is 125 Å². The molecule has 6 rings (SSSR count). The van der Waals surface area contributed by atoms with Crippen LogP contribution in [0.2, 0.25) is 5.02 Å². The van der Waals surface area contributed by atoms with Crippen molar-refractivity contribution in [3.63, 3.8) is 0 Å². The highest BCUT2D eigenvalue weighted by Crippen LogP contribution is 2.26. The quantitative estimate of drug-likeness (QED) is 0.105. The summed E-state index contributed by atoms with van der Waals surface area (Å²) in [6, 6.07) is 31.5. The zero-order valence-corrected chi connectivity index (χ0v) is 27.9. The average Bonchev–Trinajstić information content (AvgIpc) is 3.77. The number of unbranched alkanes of at least 4 members (excludes halogenated alkanes) is 1. The number of fused-ring (bicyclic) bond motifs is 1. The van der Waals surface area contributed by atoms with Crippen LogP contribution in [0.1, 0.15) is 41.1 Å². The monoisotopic (exact) mass is 678 g/mol. The number of benzene rings is 4. The molecule has 2 heterocycles. The third kappa shape index (κ3) is 8.61. The number of nitrogens with two attached hydrogens (primary N) is 1. The molecule has 0 spiro atoms. The van der Waals surface area contributed by atoms with Gasteiger partial charge in [0.25, 0.3) is 5.89 Å². The van der Waals surface area contributed by atoms with Gasteiger partial charge >= 0.3 is 0 Å². The molecule has 2 amide bonds. The van der Waals surface area contributed by atoms with E-state index in [1.807, 2.05) is 72.8 Å². The number of hydrogen-bond acceptors (Lipinski definition) is 7. The van der Waals surface area contributed by atoms with Gasteiger partial charge < -0.3 is 25.1 Å². The van der Waals surface area contributed by atoms with Gasteiger partial charge in [-0.05, 0) is 72.3 Å². The summed E-state index contributed by atoms with van der Waals surface area (Å²) in [5, 5.41) is 3.57. The van der Waals surface area contributed by atoms with E-state index in [9.17, 15) is 14.4 Å². The zero-order chi connectivity index (χ0) is 34.2. The summed E-state index contributed by atoms with van der Waals surface area (Å²) in [5.41, 5.74) is 10.7. The highest BCUT2D eigenvalue weighted by atomic mass is 35.5. The number of halogens is 1. The maximum Gasteiger partial charge on any atom is 0.266 e. The van der Waals surface area contributed by atoms with E-state index in [1.54, 1.807) is 35.2 Å². The number of oxazole rings is 1. The molecule has 0 unspecified atom stereocenters. The van der Waals surface area contributed by atoms with Gasteiger partial charge in [-0.3, -0.25) is 14.4 Å². The van der Waals surface area contributed by atoms with Crippen LogP contribution in [-0.2, 0) is 27.4 Å². The minimum Gasteiger partial charge on any atom is -0.434 e. The van der Waals surface area contributed by atoms with Crippen LogP contribution in [0.3, 0.4) is 0 Å². The number of carbonyl (C=O) groups excluding carboxylic acids is 3. The molecule has 1 aliphatic rings. The lowest BCUT2D eigenvalue weighted by Crippen LogP contribution is -2.47. The van der Waals surface area contributed by atoms with Gasteiger partial charge in [-0.2, -0.15) is 0 Å². The molecule has 1 aromatic heterocycles. The normalized spacial score (nSPS) is 16.5. The van der Waals surface area contributed by atoms with Crippen molar-refractivity contribution >= 4 is 40.3 Å². The number of hydrogen-bond donors (Lipinski definition) is 2. The minimum absolute atomic E-state index is 0.0590. The van der Waals surface area contributed by atoms with Crippen molar-refractivity contribution < 1.29 is 23.5 Å². The molecule has 0 saturated carbocycles. The summed E-state index contributed by atoms with van der Waals surface area (Å²) < 4.78 is 12.0. The molecule has 252 valence electrons. The number of nitrogens with one attached hydrogen (secondary N) is 1. The van der Waals surface area contributed by atoms with Crippen LogP contribution in [0.5, 0.6) is 0 Å². The van der Waals surface area contributed by atoms with Crippen LogP contribution in [-0.4, -0.2) is 59.3 Å². The van der Waals surface area contributed by atoms with Gasteiger partial charge in [0.1, 0.15) is 5.52 Å². The summed E-state index contributed by atoms with van der Waals surface area (Å²) in [6.45, 7) is 1.09. The molecule has 9 nitrogen and oxygen atoms in total. The van der Waals surface area contributed by atoms with Gasteiger partial charge in [-0.1, -0.05) is 90.5 Å². The standard InChI is InChI=1S/C39H39ClN4O5/c40-30-19-15-27(16-20-30)25-48-35-24-44(36(45)22-26-13-17-29(18-14-26)28-8-2-1-3-9-28)23-31(35)38(47)42-33(11-6-7-21-41)37(46)39-43-32-10-4-5-12-34(32)49-39/h1-5,8-10,12-20,31,33,35H,6-7,11,21-25,41H2,(H,42,47)/t31-,33-,35-/m0/s1. The van der Waals surface area contributed by atoms with Crippen LogP contribution >= 0.6 is 11.6 Å². The van der Waals surface area contributed by atoms with Gasteiger partial charge in [-0.25, -0.2) is 4.98 Å². The predicted octanol–water partition coefficient (Wildman–Crippen LogP) is 6.23. The van der Waals surface area contributed by atoms with E-state index < -0.39 is 23.8 Å². The van der Waals surface area contributed by atoms with Gasteiger partial charge in [0, 0.05) is 18.1 Å². The Morgan fingerprint density at radius 3 is 2.31 bits per heavy atom. The molecule has 5 aromatic rings. The lowest BCUT2D eigenvalue weighted by Gasteiger charge is -2.22. The summed E-state index contributed by atoms with van der Waals surface area (Å²) in [5.74, 6) is -1.65. The number of nitrogens with zero attached hydrogens (tertiary/aromatic N) is 2. The molecule has 4 aromatic carbocycles. The molecule has 0 aliphatic carbocycles. The fourth-order valence-corrected chi connectivity index (χ4v) is 6.21. The molecular formula is C39H39ClN4O5. The molecule has 1 saturated heterocycles. The second-order valence-electron chi connectivity index (χ2n) is 12.3. The second kappa shape index (κ2) is 16.0. The molecule has 0 radical (unpaired) electrons. The van der Waals surface area contributed by atoms with E-state index in [1.165, 1.54) is 0 Å². The number of ether oxygens (including phenoxy) is 1. The predicted molar refractivity (Wildman–Crippen MR) is 189 cm³/mol. The first-order valence-corrected chi connectivity index (χ1v) is 16.9. The summed E-state index contributed by atoms with van der Waals surface area (Å²) in [4.78, 5) is 47.3. The second-order valence-corrected chi connectivity index (χ2v) is 12.8. The van der Waals surface area contributed by atoms with Crippen molar-refractivity contribution in [2.75, 3.05) is 19.6 Å². The number of Topliss-reactive ketones (excluding diaryl/α,β-unsaturated/α-hetero) is 1. The van der Waals surface area contributed by atoms with Gasteiger partial charge in [-0.15, -0.1) is 0 Å². The number of amides is 2. The Kier molecular flexibility index (Phi) is 11.1. The molecule has 3 atom stereocenters. The van der Waals surface area contributed by atoms with Crippen LogP contribution in [0.25, 0.3) is 22.2 Å². The highest BCUT2D eigenvalue weighted by Gasteiger charge is 2.41. The molecule has 1 fully saturated rings. The molecule has 49 heavy (non-hydrogen) atoms. The summed E-state index contributed by atoms with van der Waals surface area (Å²) in [7, 11) is 0. The summed E-state index contributed by atoms with van der Waals surface area (Å²) >= 11 is 6.07. The van der Waals surface area contributed by atoms with Crippen molar-refractivity contribution in [1.29, 1.82) is 0 Å². The largest absolute Gasteiger partial charge is 0.434 e. The van der Waals surface area contributed by atoms with Crippen molar-refractivity contribution in [2.45, 2.75) is 44.4 Å². The third-order valence-corrected chi connectivity index (χ3v) is 9.09. The van der Waals surface area contributed by atoms with Crippen molar-refractivity contribution in [3.8, 4) is 11.1 Å². The van der Waals surface area contributed by atoms with Crippen LogP contribution < -0.4 is 11.1 Å². The number of carbonyl (C=O) groups is 3. The van der Waals surface area contributed by atoms with E-state index in [0.29, 0.717) is 41.9 Å². The fraction of sp³-hybridized carbons (Fsp3) is 0.282. The van der Waals surface area contributed by atoms with Crippen LogP contribution in [0.4, 0.5) is 0 Å². The SMILES string of the molecule is NCCCC[C@H](NC(=O)[C@H]1CN(C(=O)Cc2ccc(-c3ccccc3)cc2)C[C@@H]1OCc1ccc(Cl)cc1)C(=O)c1nc2ccccc2o1. The topological polar surface area (TPSA) is 128 Å². The molecule has 1 aliphatic heterocycles. The van der Waals surface area contributed by atoms with E-state index in [0.717, 1.165) is 22.3 Å². The fourth-order valence-electron chi connectivity index (χ4n) is 6.08. The van der Waals surface area contributed by atoms with Gasteiger partial charge in [0.05, 0.1) is 31.1 Å². The highest BCUT2D eigenvalue weighted by molar-refractivity contribution is 6.30. The minimum atomic E-state index is -0.878. The van der Waals surface area contributed by atoms with E-state index in [4.69, 9.17) is 26.5 Å². The number of rotatable bonds is 14. The molecule has 10 heteroatoms. The maximum atomic E-state index is 14.0. The lowest BCUT2D eigenvalue weighted by atomic mass is 10.0. The first-order chi connectivity index (χ1) is 23.9. The number of aromatic nitrogens is 1. The Hall–Kier alpha value is -4.83. The van der Waals surface area contributed by atoms with Crippen molar-refractivity contribution in [1.82, 2.24) is 15.2 Å². The van der Waals surface area contributed by atoms with E-state index in [-0.39, 0.29) is 43.8 Å². The Morgan fingerprint density at radius 1 is 0.878 bits per heavy atom. The molecular weight excluding hydrogens is 640 g/mol. The molecule has 3 N–H and O–H groups in total. The first kappa shape index (κ1) is 34.0. The smallest absolute Gasteiger partial charge is 0.266 e. The zero-order valence-electron chi connectivity index (χ0n) is 27.1. The first-order valence-electron chi connectivity index (χ1n) is 16.6. The Morgan fingerprint density at radius 2 is 1.57 bits per heavy atom. The van der Waals surface area contributed by atoms with Gasteiger partial charge in [0.15, 0.2) is 5.58 Å². The lowest BCUT2D eigenvalue weighted by molar-refractivity contribution is -0.130. The number of ketones is 1. The van der Waals surface area contributed by atoms with E-state index in [2.05, 4.69) is 10.3 Å². The van der Waals surface area contributed by atoms with Crippen LogP contribution in [0.15, 0.2) is 108 Å². The van der Waals surface area contributed by atoms with Crippen LogP contribution in [0, 0.1) is 5.92 Å². The van der Waals surface area contributed by atoms with Crippen molar-refractivity contribution in [2.24, 2.45) is 11.7 Å². The maximum absolute atomic E-state index is 14.0. The third-order valence-electron chi connectivity index (χ3n) is 8.83. The number of likely N-dealkylation sites (tertiary alicyclic amines) is 1. The van der Waals surface area contributed by atoms with E-state index >= 15 is 0 Å². The Balaban J connectivity index is 1.17. The Bertz CT molecular complexity index is 1840. The number of para-hydroxylation sites is 2. The molecule has 0 bridgehead atoms. The average molecular weight is 679 g/mol. The van der Waals surface area contributed by atoms with Gasteiger partial charge in [0.2, 0.25) is 17.6 Å². The Labute approximate surface area is 290 Å². The summed E-state index contributed by atoms with van der Waals surface area (Å²) in [6.07, 6.45) is 1.28.